The highest BCUT2D eigenvalue weighted by Gasteiger charge is 2.22. The summed E-state index contributed by atoms with van der Waals surface area (Å²) >= 11 is 0. The maximum absolute atomic E-state index is 3.53. The fourth-order valence-electron chi connectivity index (χ4n) is 2.45. The lowest BCUT2D eigenvalue weighted by atomic mass is 10.1. The third-order valence-electron chi connectivity index (χ3n) is 3.90. The van der Waals surface area contributed by atoms with Crippen LogP contribution < -0.4 is 5.32 Å². The van der Waals surface area contributed by atoms with Crippen LogP contribution in [-0.4, -0.2) is 0 Å². The zero-order valence-corrected chi connectivity index (χ0v) is 11.7. The summed E-state index contributed by atoms with van der Waals surface area (Å²) in [7, 11) is 0. The molecule has 0 saturated heterocycles. The van der Waals surface area contributed by atoms with Gasteiger partial charge in [-0.15, -0.1) is 0 Å². The standard InChI is InChI=1S/C18H21N/c1-13-3-4-14(2)18(11-13)19-12-15-5-7-16(8-6-15)17-9-10-17/h3-8,11,17,19H,9-10,12H2,1-2H3. The first kappa shape index (κ1) is 12.3. The molecule has 0 radical (unpaired) electrons. The van der Waals surface area contributed by atoms with Gasteiger partial charge < -0.3 is 5.32 Å². The molecule has 2 aromatic carbocycles. The van der Waals surface area contributed by atoms with Crippen LogP contribution in [0.25, 0.3) is 0 Å². The SMILES string of the molecule is Cc1ccc(C)c(NCc2ccc(C3CC3)cc2)c1. The van der Waals surface area contributed by atoms with E-state index in [0.717, 1.165) is 12.5 Å². The first-order valence-corrected chi connectivity index (χ1v) is 7.12. The average Bonchev–Trinajstić information content (AvgIpc) is 3.25. The molecule has 0 aromatic heterocycles. The molecule has 1 saturated carbocycles. The Labute approximate surface area is 115 Å². The van der Waals surface area contributed by atoms with Crippen LogP contribution in [0.5, 0.6) is 0 Å². The van der Waals surface area contributed by atoms with Crippen LogP contribution in [0.2, 0.25) is 0 Å². The van der Waals surface area contributed by atoms with Crippen molar-refractivity contribution in [3.05, 3.63) is 64.7 Å². The second kappa shape index (κ2) is 5.08. The Morgan fingerprint density at radius 3 is 2.42 bits per heavy atom. The number of hydrogen-bond donors (Lipinski definition) is 1. The highest BCUT2D eigenvalue weighted by molar-refractivity contribution is 5.52. The normalized spacial score (nSPS) is 14.4. The van der Waals surface area contributed by atoms with Crippen molar-refractivity contribution in [2.75, 3.05) is 5.32 Å². The molecule has 19 heavy (non-hydrogen) atoms. The van der Waals surface area contributed by atoms with E-state index in [-0.39, 0.29) is 0 Å². The zero-order valence-electron chi connectivity index (χ0n) is 11.7. The van der Waals surface area contributed by atoms with Gasteiger partial charge in [-0.2, -0.15) is 0 Å². The van der Waals surface area contributed by atoms with E-state index in [1.54, 1.807) is 0 Å². The molecule has 1 nitrogen and oxygen atoms in total. The molecule has 2 aromatic rings. The van der Waals surface area contributed by atoms with E-state index < -0.39 is 0 Å². The first-order valence-electron chi connectivity index (χ1n) is 7.12. The van der Waals surface area contributed by atoms with E-state index >= 15 is 0 Å². The van der Waals surface area contributed by atoms with Crippen molar-refractivity contribution >= 4 is 5.69 Å². The Bertz CT molecular complexity index is 565. The quantitative estimate of drug-likeness (QED) is 0.823. The van der Waals surface area contributed by atoms with Gasteiger partial charge in [0.25, 0.3) is 0 Å². The summed E-state index contributed by atoms with van der Waals surface area (Å²) in [5.41, 5.74) is 6.71. The van der Waals surface area contributed by atoms with Crippen molar-refractivity contribution in [3.63, 3.8) is 0 Å². The van der Waals surface area contributed by atoms with Gasteiger partial charge in [0.15, 0.2) is 0 Å². The van der Waals surface area contributed by atoms with Crippen LogP contribution in [0.4, 0.5) is 5.69 Å². The van der Waals surface area contributed by atoms with Crippen molar-refractivity contribution in [3.8, 4) is 0 Å². The van der Waals surface area contributed by atoms with Crippen LogP contribution in [0.1, 0.15) is 41.0 Å². The molecule has 1 heteroatoms. The summed E-state index contributed by atoms with van der Waals surface area (Å²) in [6.45, 7) is 5.18. The largest absolute Gasteiger partial charge is 0.381 e. The first-order chi connectivity index (χ1) is 9.22. The minimum Gasteiger partial charge on any atom is -0.381 e. The Kier molecular flexibility index (Phi) is 3.29. The second-order valence-corrected chi connectivity index (χ2v) is 5.69. The summed E-state index contributed by atoms with van der Waals surface area (Å²) in [5.74, 6) is 0.848. The lowest BCUT2D eigenvalue weighted by Gasteiger charge is -2.11. The van der Waals surface area contributed by atoms with Gasteiger partial charge in [-0.3, -0.25) is 0 Å². The maximum Gasteiger partial charge on any atom is 0.0400 e. The maximum atomic E-state index is 3.53. The highest BCUT2D eigenvalue weighted by Crippen LogP contribution is 2.39. The van der Waals surface area contributed by atoms with Gasteiger partial charge >= 0.3 is 0 Å². The number of benzene rings is 2. The van der Waals surface area contributed by atoms with E-state index in [1.165, 1.54) is 40.8 Å². The molecule has 0 bridgehead atoms. The van der Waals surface area contributed by atoms with Gasteiger partial charge in [0, 0.05) is 12.2 Å². The number of anilines is 1. The number of hydrogen-bond acceptors (Lipinski definition) is 1. The molecule has 98 valence electrons. The molecule has 0 atom stereocenters. The number of aryl methyl sites for hydroxylation is 2. The molecule has 1 aliphatic carbocycles. The summed E-state index contributed by atoms with van der Waals surface area (Å²) in [4.78, 5) is 0. The third-order valence-corrected chi connectivity index (χ3v) is 3.90. The Balaban J connectivity index is 1.66. The summed E-state index contributed by atoms with van der Waals surface area (Å²) in [6, 6.07) is 15.6. The minimum absolute atomic E-state index is 0.848. The van der Waals surface area contributed by atoms with Gasteiger partial charge in [-0.25, -0.2) is 0 Å². The molecule has 1 N–H and O–H groups in total. The summed E-state index contributed by atoms with van der Waals surface area (Å²) in [5, 5.41) is 3.53. The summed E-state index contributed by atoms with van der Waals surface area (Å²) in [6.07, 6.45) is 2.75. The smallest absolute Gasteiger partial charge is 0.0400 e. The average molecular weight is 251 g/mol. The van der Waals surface area contributed by atoms with Crippen LogP contribution in [0.3, 0.4) is 0 Å². The van der Waals surface area contributed by atoms with Gasteiger partial charge in [0.2, 0.25) is 0 Å². The van der Waals surface area contributed by atoms with E-state index in [0.29, 0.717) is 0 Å². The summed E-state index contributed by atoms with van der Waals surface area (Å²) < 4.78 is 0. The van der Waals surface area contributed by atoms with Crippen molar-refractivity contribution in [2.45, 2.75) is 39.2 Å². The Hall–Kier alpha value is -1.76. The number of rotatable bonds is 4. The van der Waals surface area contributed by atoms with Crippen molar-refractivity contribution < 1.29 is 0 Å². The van der Waals surface area contributed by atoms with Crippen LogP contribution >= 0.6 is 0 Å². The van der Waals surface area contributed by atoms with Crippen molar-refractivity contribution in [1.29, 1.82) is 0 Å². The molecule has 0 heterocycles. The lowest BCUT2D eigenvalue weighted by molar-refractivity contribution is 1.10. The zero-order chi connectivity index (χ0) is 13.2. The van der Waals surface area contributed by atoms with E-state index in [4.69, 9.17) is 0 Å². The molecule has 3 rings (SSSR count). The minimum atomic E-state index is 0.848. The van der Waals surface area contributed by atoms with Crippen molar-refractivity contribution in [2.24, 2.45) is 0 Å². The predicted molar refractivity (Wildman–Crippen MR) is 81.7 cm³/mol. The predicted octanol–water partition coefficient (Wildman–Crippen LogP) is 4.79. The molecule has 0 amide bonds. The van der Waals surface area contributed by atoms with Crippen LogP contribution in [0, 0.1) is 13.8 Å². The molecule has 1 fully saturated rings. The monoisotopic (exact) mass is 251 g/mol. The Morgan fingerprint density at radius 1 is 1.00 bits per heavy atom. The van der Waals surface area contributed by atoms with Gasteiger partial charge in [0.1, 0.15) is 0 Å². The van der Waals surface area contributed by atoms with Crippen molar-refractivity contribution in [1.82, 2.24) is 0 Å². The van der Waals surface area contributed by atoms with E-state index in [1.807, 2.05) is 0 Å². The van der Waals surface area contributed by atoms with Gasteiger partial charge in [-0.05, 0) is 60.9 Å². The van der Waals surface area contributed by atoms with E-state index in [9.17, 15) is 0 Å². The van der Waals surface area contributed by atoms with E-state index in [2.05, 4.69) is 61.6 Å². The van der Waals surface area contributed by atoms with Gasteiger partial charge in [0.05, 0.1) is 0 Å². The second-order valence-electron chi connectivity index (χ2n) is 5.69. The third kappa shape index (κ3) is 2.98. The molecule has 1 aliphatic rings. The molecular formula is C18H21N. The van der Waals surface area contributed by atoms with Crippen LogP contribution in [-0.2, 0) is 6.54 Å². The number of nitrogens with one attached hydrogen (secondary N) is 1. The lowest BCUT2D eigenvalue weighted by Crippen LogP contribution is -2.01. The molecule has 0 unspecified atom stereocenters. The highest BCUT2D eigenvalue weighted by atomic mass is 14.9. The fraction of sp³-hybridized carbons (Fsp3) is 0.333. The fourth-order valence-corrected chi connectivity index (χ4v) is 2.45. The van der Waals surface area contributed by atoms with Gasteiger partial charge in [-0.1, -0.05) is 36.4 Å². The molecular weight excluding hydrogens is 230 g/mol. The van der Waals surface area contributed by atoms with Crippen LogP contribution in [0.15, 0.2) is 42.5 Å². The molecule has 0 aliphatic heterocycles. The Morgan fingerprint density at radius 2 is 1.74 bits per heavy atom. The topological polar surface area (TPSA) is 12.0 Å². The molecule has 0 spiro atoms.